The van der Waals surface area contributed by atoms with E-state index in [0.717, 1.165) is 23.6 Å². The maximum absolute atomic E-state index is 5.57. The molecule has 1 saturated heterocycles. The lowest BCUT2D eigenvalue weighted by molar-refractivity contribution is 0.340. The van der Waals surface area contributed by atoms with E-state index < -0.39 is 0 Å². The number of thioether (sulfide) groups is 1. The van der Waals surface area contributed by atoms with Crippen LogP contribution in [0.2, 0.25) is 0 Å². The van der Waals surface area contributed by atoms with E-state index in [4.69, 9.17) is 5.73 Å². The molecule has 2 unspecified atom stereocenters. The van der Waals surface area contributed by atoms with E-state index in [-0.39, 0.29) is 0 Å². The van der Waals surface area contributed by atoms with Gasteiger partial charge in [0.2, 0.25) is 0 Å². The van der Waals surface area contributed by atoms with Gasteiger partial charge in [0.05, 0.1) is 0 Å². The van der Waals surface area contributed by atoms with Crippen molar-refractivity contribution < 1.29 is 0 Å². The first-order chi connectivity index (χ1) is 5.25. The molecule has 1 rings (SSSR count). The fourth-order valence-corrected chi connectivity index (χ4v) is 2.94. The minimum absolute atomic E-state index is 0.816. The number of nitrogens with two attached hydrogens (primary N) is 1. The largest absolute Gasteiger partial charge is 0.330 e. The molecule has 0 radical (unpaired) electrons. The maximum Gasteiger partial charge on any atom is 0.00860 e. The molecule has 2 atom stereocenters. The molecule has 66 valence electrons. The van der Waals surface area contributed by atoms with Crippen LogP contribution in [-0.2, 0) is 0 Å². The van der Waals surface area contributed by atoms with Gasteiger partial charge in [-0.3, -0.25) is 0 Å². The molecule has 0 bridgehead atoms. The van der Waals surface area contributed by atoms with E-state index >= 15 is 0 Å². The van der Waals surface area contributed by atoms with Crippen molar-refractivity contribution in [1.82, 2.24) is 0 Å². The molecule has 2 heteroatoms. The highest BCUT2D eigenvalue weighted by Crippen LogP contribution is 2.38. The molecular formula is C9H19NS. The van der Waals surface area contributed by atoms with Gasteiger partial charge in [-0.05, 0) is 37.0 Å². The summed E-state index contributed by atoms with van der Waals surface area (Å²) in [5.41, 5.74) is 5.57. The molecule has 0 aliphatic carbocycles. The zero-order valence-corrected chi connectivity index (χ0v) is 8.36. The monoisotopic (exact) mass is 173 g/mol. The Bertz CT molecular complexity index is 110. The summed E-state index contributed by atoms with van der Waals surface area (Å²) in [7, 11) is 0. The highest BCUT2D eigenvalue weighted by molar-refractivity contribution is 8.01. The van der Waals surface area contributed by atoms with Gasteiger partial charge < -0.3 is 5.73 Å². The van der Waals surface area contributed by atoms with Gasteiger partial charge in [-0.1, -0.05) is 13.8 Å². The minimum atomic E-state index is 0.816. The summed E-state index contributed by atoms with van der Waals surface area (Å²) in [5, 5.41) is 0.929. The molecule has 1 aliphatic rings. The Morgan fingerprint density at radius 2 is 2.18 bits per heavy atom. The Morgan fingerprint density at radius 3 is 2.45 bits per heavy atom. The standard InChI is InChI=1S/C9H19NS/c1-7(2)8(3-5-10)9-4-6-11-9/h7-9H,3-6,10H2,1-2H3. The molecule has 0 saturated carbocycles. The molecule has 0 aromatic heterocycles. The number of hydrogen-bond acceptors (Lipinski definition) is 2. The van der Waals surface area contributed by atoms with Crippen molar-refractivity contribution in [2.24, 2.45) is 17.6 Å². The first-order valence-corrected chi connectivity index (χ1v) is 5.62. The van der Waals surface area contributed by atoms with E-state index in [1.807, 2.05) is 0 Å². The third kappa shape index (κ3) is 2.38. The van der Waals surface area contributed by atoms with Crippen LogP contribution in [0.4, 0.5) is 0 Å². The van der Waals surface area contributed by atoms with Gasteiger partial charge in [0.15, 0.2) is 0 Å². The summed E-state index contributed by atoms with van der Waals surface area (Å²) in [6.45, 7) is 5.50. The van der Waals surface area contributed by atoms with Crippen LogP contribution >= 0.6 is 11.8 Å². The quantitative estimate of drug-likeness (QED) is 0.704. The van der Waals surface area contributed by atoms with E-state index in [1.165, 1.54) is 18.6 Å². The summed E-state index contributed by atoms with van der Waals surface area (Å²) in [4.78, 5) is 0. The third-order valence-corrected chi connectivity index (χ3v) is 4.05. The predicted octanol–water partition coefficient (Wildman–Crippen LogP) is 2.11. The van der Waals surface area contributed by atoms with Crippen LogP contribution in [0, 0.1) is 11.8 Å². The smallest absolute Gasteiger partial charge is 0.00860 e. The summed E-state index contributed by atoms with van der Waals surface area (Å²) in [6, 6.07) is 0. The van der Waals surface area contributed by atoms with Gasteiger partial charge >= 0.3 is 0 Å². The molecule has 0 spiro atoms. The summed E-state index contributed by atoms with van der Waals surface area (Å²) >= 11 is 2.13. The number of hydrogen-bond donors (Lipinski definition) is 1. The first-order valence-electron chi connectivity index (χ1n) is 4.57. The SMILES string of the molecule is CC(C)C(CCN)C1CCS1. The van der Waals surface area contributed by atoms with Crippen molar-refractivity contribution in [2.75, 3.05) is 12.3 Å². The Labute approximate surface area is 74.1 Å². The zero-order chi connectivity index (χ0) is 8.27. The fourth-order valence-electron chi connectivity index (χ4n) is 1.73. The van der Waals surface area contributed by atoms with Crippen LogP contribution in [0.15, 0.2) is 0 Å². The van der Waals surface area contributed by atoms with Crippen LogP contribution in [-0.4, -0.2) is 17.5 Å². The Morgan fingerprint density at radius 1 is 1.55 bits per heavy atom. The minimum Gasteiger partial charge on any atom is -0.330 e. The molecule has 1 nitrogen and oxygen atoms in total. The third-order valence-electron chi connectivity index (χ3n) is 2.57. The van der Waals surface area contributed by atoms with Crippen LogP contribution < -0.4 is 5.73 Å². The van der Waals surface area contributed by atoms with E-state index in [0.29, 0.717) is 0 Å². The Balaban J connectivity index is 2.31. The van der Waals surface area contributed by atoms with Gasteiger partial charge in [0, 0.05) is 5.25 Å². The Kier molecular flexibility index (Phi) is 3.73. The second-order valence-corrected chi connectivity index (χ2v) is 5.03. The molecule has 1 fully saturated rings. The first kappa shape index (κ1) is 9.40. The molecule has 2 N–H and O–H groups in total. The van der Waals surface area contributed by atoms with Crippen molar-refractivity contribution in [1.29, 1.82) is 0 Å². The van der Waals surface area contributed by atoms with Crippen molar-refractivity contribution in [2.45, 2.75) is 31.9 Å². The molecular weight excluding hydrogens is 154 g/mol. The average molecular weight is 173 g/mol. The molecule has 1 heterocycles. The second-order valence-electron chi connectivity index (χ2n) is 3.68. The summed E-state index contributed by atoms with van der Waals surface area (Å²) in [6.07, 6.45) is 2.64. The lowest BCUT2D eigenvalue weighted by Crippen LogP contribution is -2.31. The van der Waals surface area contributed by atoms with Crippen molar-refractivity contribution >= 4 is 11.8 Å². The molecule has 0 aromatic rings. The van der Waals surface area contributed by atoms with E-state index in [1.54, 1.807) is 0 Å². The normalized spacial score (nSPS) is 26.7. The number of rotatable bonds is 4. The fraction of sp³-hybridized carbons (Fsp3) is 1.00. The lowest BCUT2D eigenvalue weighted by Gasteiger charge is -2.35. The van der Waals surface area contributed by atoms with Crippen molar-refractivity contribution in [3.63, 3.8) is 0 Å². The van der Waals surface area contributed by atoms with Crippen LogP contribution in [0.25, 0.3) is 0 Å². The molecule has 0 amide bonds. The van der Waals surface area contributed by atoms with Crippen LogP contribution in [0.3, 0.4) is 0 Å². The van der Waals surface area contributed by atoms with Crippen LogP contribution in [0.5, 0.6) is 0 Å². The van der Waals surface area contributed by atoms with Gasteiger partial charge in [-0.15, -0.1) is 0 Å². The summed E-state index contributed by atoms with van der Waals surface area (Å²) < 4.78 is 0. The van der Waals surface area contributed by atoms with Gasteiger partial charge in [0.25, 0.3) is 0 Å². The van der Waals surface area contributed by atoms with Gasteiger partial charge in [0.1, 0.15) is 0 Å². The Hall–Kier alpha value is 0.310. The highest BCUT2D eigenvalue weighted by atomic mass is 32.2. The van der Waals surface area contributed by atoms with Gasteiger partial charge in [-0.25, -0.2) is 0 Å². The lowest BCUT2D eigenvalue weighted by atomic mass is 9.87. The predicted molar refractivity (Wildman–Crippen MR) is 52.9 cm³/mol. The van der Waals surface area contributed by atoms with Crippen molar-refractivity contribution in [3.05, 3.63) is 0 Å². The molecule has 11 heavy (non-hydrogen) atoms. The molecule has 0 aromatic carbocycles. The zero-order valence-electron chi connectivity index (χ0n) is 7.55. The highest BCUT2D eigenvalue weighted by Gasteiger charge is 2.29. The second kappa shape index (κ2) is 4.36. The van der Waals surface area contributed by atoms with E-state index in [2.05, 4.69) is 25.6 Å². The molecule has 1 aliphatic heterocycles. The summed E-state index contributed by atoms with van der Waals surface area (Å²) in [5.74, 6) is 3.06. The van der Waals surface area contributed by atoms with Crippen molar-refractivity contribution in [3.8, 4) is 0 Å². The van der Waals surface area contributed by atoms with Crippen LogP contribution in [0.1, 0.15) is 26.7 Å². The topological polar surface area (TPSA) is 26.0 Å². The van der Waals surface area contributed by atoms with E-state index in [9.17, 15) is 0 Å². The van der Waals surface area contributed by atoms with Gasteiger partial charge in [-0.2, -0.15) is 11.8 Å². The maximum atomic E-state index is 5.57. The average Bonchev–Trinajstić information content (AvgIpc) is 1.82.